The first-order valence-electron chi connectivity index (χ1n) is 8.71. The summed E-state index contributed by atoms with van der Waals surface area (Å²) < 4.78 is 0. The van der Waals surface area contributed by atoms with Crippen LogP contribution in [0.1, 0.15) is 23.0 Å². The molecule has 1 aliphatic carbocycles. The highest BCUT2D eigenvalue weighted by Crippen LogP contribution is 2.62. The van der Waals surface area contributed by atoms with Crippen molar-refractivity contribution in [2.24, 2.45) is 16.6 Å². The number of nitriles is 5. The summed E-state index contributed by atoms with van der Waals surface area (Å²) in [6, 6.07) is 27.1. The van der Waals surface area contributed by atoms with E-state index in [4.69, 9.17) is 5.73 Å². The van der Waals surface area contributed by atoms with Gasteiger partial charge in [0.15, 0.2) is 10.8 Å². The molecular weight excluding hydrogens is 360 g/mol. The van der Waals surface area contributed by atoms with Crippen LogP contribution in [0.25, 0.3) is 0 Å². The zero-order valence-electron chi connectivity index (χ0n) is 15.2. The molecule has 6 nitrogen and oxygen atoms in total. The van der Waals surface area contributed by atoms with Crippen LogP contribution in [-0.4, -0.2) is 0 Å². The molecule has 0 aliphatic heterocycles. The minimum atomic E-state index is -2.04. The summed E-state index contributed by atoms with van der Waals surface area (Å²) in [5, 5.41) is 50.4. The van der Waals surface area contributed by atoms with Crippen molar-refractivity contribution in [3.63, 3.8) is 0 Å². The van der Waals surface area contributed by atoms with E-state index in [1.807, 2.05) is 18.2 Å². The van der Waals surface area contributed by atoms with Crippen LogP contribution < -0.4 is 5.73 Å². The maximum Gasteiger partial charge on any atom is 0.192 e. The van der Waals surface area contributed by atoms with E-state index in [0.717, 1.165) is 0 Å². The van der Waals surface area contributed by atoms with Crippen molar-refractivity contribution >= 4 is 0 Å². The lowest BCUT2D eigenvalue weighted by atomic mass is 9.49. The van der Waals surface area contributed by atoms with Crippen LogP contribution in [0.3, 0.4) is 0 Å². The number of rotatable bonds is 2. The molecule has 0 aromatic heterocycles. The fourth-order valence-corrected chi connectivity index (χ4v) is 4.18. The van der Waals surface area contributed by atoms with Gasteiger partial charge in [0.25, 0.3) is 0 Å². The Hall–Kier alpha value is -4.57. The highest BCUT2D eigenvalue weighted by atomic mass is 14.7. The summed E-state index contributed by atoms with van der Waals surface area (Å²) in [5.74, 6) is -2.19. The number of hydrogen-bond donors (Lipinski definition) is 1. The molecule has 0 bridgehead atoms. The van der Waals surface area contributed by atoms with Gasteiger partial charge in [0.1, 0.15) is 0 Å². The zero-order chi connectivity index (χ0) is 21.1. The number of nitrogens with two attached hydrogens (primary N) is 1. The van der Waals surface area contributed by atoms with E-state index in [9.17, 15) is 26.3 Å². The molecule has 0 amide bonds. The Balaban J connectivity index is 2.54. The Labute approximate surface area is 168 Å². The van der Waals surface area contributed by atoms with E-state index >= 15 is 0 Å². The maximum absolute atomic E-state index is 10.3. The Kier molecular flexibility index (Phi) is 4.77. The Morgan fingerprint density at radius 1 is 0.690 bits per heavy atom. The van der Waals surface area contributed by atoms with Gasteiger partial charge in [0.2, 0.25) is 0 Å². The standard InChI is InChI=1S/C23H14N6/c24-11-18-19(16-7-3-1-4-8-16)22(12-25,13-26)20(17-9-5-2-6-10-17)23(14-27,15-28)21(18)29/h1-10,19-20H,29H2/t19?,20-/m0/s1. The second kappa shape index (κ2) is 7.21. The Morgan fingerprint density at radius 3 is 1.59 bits per heavy atom. The molecule has 0 fully saturated rings. The molecule has 2 aromatic rings. The molecule has 1 unspecified atom stereocenters. The van der Waals surface area contributed by atoms with Crippen molar-refractivity contribution in [3.8, 4) is 30.3 Å². The number of hydrogen-bond acceptors (Lipinski definition) is 6. The summed E-state index contributed by atoms with van der Waals surface area (Å²) >= 11 is 0. The largest absolute Gasteiger partial charge is 0.399 e. The number of benzene rings is 2. The molecule has 1 aliphatic rings. The maximum atomic E-state index is 10.3. The quantitative estimate of drug-likeness (QED) is 0.853. The Morgan fingerprint density at radius 2 is 1.17 bits per heavy atom. The number of allylic oxidation sites excluding steroid dienone is 2. The zero-order valence-corrected chi connectivity index (χ0v) is 15.2. The van der Waals surface area contributed by atoms with Crippen LogP contribution in [0.4, 0.5) is 0 Å². The van der Waals surface area contributed by atoms with Crippen molar-refractivity contribution in [2.75, 3.05) is 0 Å². The van der Waals surface area contributed by atoms with Gasteiger partial charge in [-0.2, -0.15) is 26.3 Å². The molecule has 0 heterocycles. The SMILES string of the molecule is N#CC1=C(N)C(C#N)(C#N)[C@@H](c2ccccc2)C(C#N)(C#N)C1c1ccccc1. The Bertz CT molecular complexity index is 1150. The number of nitrogens with zero attached hydrogens (tertiary/aromatic N) is 5. The third-order valence-corrected chi connectivity index (χ3v) is 5.46. The lowest BCUT2D eigenvalue weighted by Crippen LogP contribution is -2.50. The minimum Gasteiger partial charge on any atom is -0.399 e. The predicted molar refractivity (Wildman–Crippen MR) is 103 cm³/mol. The van der Waals surface area contributed by atoms with Crippen LogP contribution in [0.15, 0.2) is 71.9 Å². The fraction of sp³-hybridized carbons (Fsp3) is 0.174. The van der Waals surface area contributed by atoms with E-state index in [-0.39, 0.29) is 11.3 Å². The van der Waals surface area contributed by atoms with Crippen molar-refractivity contribution in [2.45, 2.75) is 11.8 Å². The highest BCUT2D eigenvalue weighted by molar-refractivity contribution is 5.59. The van der Waals surface area contributed by atoms with Gasteiger partial charge in [0, 0.05) is 0 Å². The van der Waals surface area contributed by atoms with Crippen LogP contribution in [0.5, 0.6) is 0 Å². The van der Waals surface area contributed by atoms with Gasteiger partial charge >= 0.3 is 0 Å². The predicted octanol–water partition coefficient (Wildman–Crippen LogP) is 3.37. The van der Waals surface area contributed by atoms with Crippen LogP contribution in [0, 0.1) is 67.5 Å². The fourth-order valence-electron chi connectivity index (χ4n) is 4.18. The summed E-state index contributed by atoms with van der Waals surface area (Å²) in [4.78, 5) is 0. The molecule has 6 heteroatoms. The van der Waals surface area contributed by atoms with Gasteiger partial charge in [-0.1, -0.05) is 60.7 Å². The summed E-state index contributed by atoms with van der Waals surface area (Å²) in [6.45, 7) is 0. The van der Waals surface area contributed by atoms with Gasteiger partial charge < -0.3 is 5.73 Å². The van der Waals surface area contributed by atoms with Gasteiger partial charge in [-0.3, -0.25) is 0 Å². The molecule has 136 valence electrons. The van der Waals surface area contributed by atoms with Crippen LogP contribution in [-0.2, 0) is 0 Å². The first kappa shape index (κ1) is 19.2. The molecule has 0 saturated carbocycles. The van der Waals surface area contributed by atoms with E-state index in [2.05, 4.69) is 12.1 Å². The summed E-state index contributed by atoms with van der Waals surface area (Å²) in [5.41, 5.74) is 3.01. The van der Waals surface area contributed by atoms with Crippen molar-refractivity contribution in [1.29, 1.82) is 26.3 Å². The smallest absolute Gasteiger partial charge is 0.192 e. The average molecular weight is 374 g/mol. The first-order valence-corrected chi connectivity index (χ1v) is 8.71. The van der Waals surface area contributed by atoms with Gasteiger partial charge in [-0.25, -0.2) is 0 Å². The van der Waals surface area contributed by atoms with E-state index in [1.165, 1.54) is 0 Å². The molecule has 0 saturated heterocycles. The first-order chi connectivity index (χ1) is 14.1. The molecule has 0 radical (unpaired) electrons. The highest BCUT2D eigenvalue weighted by Gasteiger charge is 2.64. The van der Waals surface area contributed by atoms with Gasteiger partial charge in [-0.05, 0) is 11.1 Å². The molecule has 29 heavy (non-hydrogen) atoms. The lowest BCUT2D eigenvalue weighted by Gasteiger charge is -2.46. The lowest BCUT2D eigenvalue weighted by molar-refractivity contribution is 0.256. The normalized spacial score (nSPS) is 21.5. The molecule has 2 atom stereocenters. The van der Waals surface area contributed by atoms with E-state index < -0.39 is 22.7 Å². The van der Waals surface area contributed by atoms with Crippen molar-refractivity contribution < 1.29 is 0 Å². The van der Waals surface area contributed by atoms with E-state index in [1.54, 1.807) is 60.7 Å². The van der Waals surface area contributed by atoms with Crippen molar-refractivity contribution in [3.05, 3.63) is 83.1 Å². The van der Waals surface area contributed by atoms with Crippen LogP contribution >= 0.6 is 0 Å². The average Bonchev–Trinajstić information content (AvgIpc) is 2.79. The summed E-state index contributed by atoms with van der Waals surface area (Å²) in [7, 11) is 0. The molecule has 0 spiro atoms. The van der Waals surface area contributed by atoms with Crippen molar-refractivity contribution in [1.82, 2.24) is 0 Å². The third-order valence-electron chi connectivity index (χ3n) is 5.46. The van der Waals surface area contributed by atoms with Gasteiger partial charge in [-0.15, -0.1) is 0 Å². The minimum absolute atomic E-state index is 0.102. The molecule has 2 N–H and O–H groups in total. The summed E-state index contributed by atoms with van der Waals surface area (Å²) in [6.07, 6.45) is 0. The monoisotopic (exact) mass is 374 g/mol. The molecular formula is C23H14N6. The van der Waals surface area contributed by atoms with E-state index in [0.29, 0.717) is 11.1 Å². The second-order valence-electron chi connectivity index (χ2n) is 6.75. The third kappa shape index (κ3) is 2.51. The molecule has 2 aromatic carbocycles. The van der Waals surface area contributed by atoms with Gasteiger partial charge in [0.05, 0.1) is 53.5 Å². The second-order valence-corrected chi connectivity index (χ2v) is 6.75. The topological polar surface area (TPSA) is 145 Å². The molecule has 3 rings (SSSR count). The van der Waals surface area contributed by atoms with Crippen LogP contribution in [0.2, 0.25) is 0 Å².